The van der Waals surface area contributed by atoms with E-state index in [1.54, 1.807) is 0 Å². The van der Waals surface area contributed by atoms with Crippen LogP contribution in [0.25, 0.3) is 33.4 Å². The Balaban J connectivity index is 0.00000183. The molecule has 0 atom stereocenters. The predicted molar refractivity (Wildman–Crippen MR) is 221 cm³/mol. The lowest BCUT2D eigenvalue weighted by Gasteiger charge is -2.39. The fourth-order valence-corrected chi connectivity index (χ4v) is 8.36. The van der Waals surface area contributed by atoms with Crippen LogP contribution < -0.4 is 9.64 Å². The number of para-hydroxylation sites is 2. The topological polar surface area (TPSA) is 12.5 Å². The molecule has 8 aromatic rings. The van der Waals surface area contributed by atoms with Crippen molar-refractivity contribution < 1.29 is 4.74 Å². The van der Waals surface area contributed by atoms with E-state index in [-0.39, 0.29) is 0 Å². The summed E-state index contributed by atoms with van der Waals surface area (Å²) in [5.74, 6) is 1.79. The molecule has 0 amide bonds. The zero-order valence-corrected chi connectivity index (χ0v) is 29.9. The summed E-state index contributed by atoms with van der Waals surface area (Å²) in [6.07, 6.45) is 0. The Labute approximate surface area is 312 Å². The molecule has 8 aromatic carbocycles. The minimum absolute atomic E-state index is 0.534. The van der Waals surface area contributed by atoms with Crippen molar-refractivity contribution in [3.8, 4) is 44.9 Å². The third-order valence-electron chi connectivity index (χ3n) is 10.6. The molecule has 1 aliphatic carbocycles. The molecule has 2 heteroatoms. The highest BCUT2D eigenvalue weighted by Crippen LogP contribution is 2.64. The number of hydrogen-bond donors (Lipinski definition) is 0. The molecule has 10 rings (SSSR count). The SMILES string of the molecule is CC.c1ccc(-c2ccc(N(c3ccc(-c4ccccc4)cc3)c3cccc4c3-c3ccccc3C43c4ccccc4Oc4ccccc43)cc2)cc1. The molecule has 0 bridgehead atoms. The average molecular weight is 682 g/mol. The number of anilines is 3. The van der Waals surface area contributed by atoms with Crippen LogP contribution in [0, 0.1) is 0 Å². The Hall–Kier alpha value is -6.64. The Morgan fingerprint density at radius 2 is 0.774 bits per heavy atom. The van der Waals surface area contributed by atoms with Gasteiger partial charge in [0.15, 0.2) is 0 Å². The molecule has 1 spiro atoms. The van der Waals surface area contributed by atoms with Gasteiger partial charge in [0.2, 0.25) is 0 Å². The first-order valence-corrected chi connectivity index (χ1v) is 18.5. The monoisotopic (exact) mass is 681 g/mol. The van der Waals surface area contributed by atoms with Crippen LogP contribution in [0.5, 0.6) is 11.5 Å². The number of ether oxygens (including phenoxy) is 1. The summed E-state index contributed by atoms with van der Waals surface area (Å²) >= 11 is 0. The highest BCUT2D eigenvalue weighted by Gasteiger charge is 2.51. The normalized spacial score (nSPS) is 12.6. The van der Waals surface area contributed by atoms with Gasteiger partial charge in [-0.15, -0.1) is 0 Å². The Bertz CT molecular complexity index is 2410. The van der Waals surface area contributed by atoms with Gasteiger partial charge in [-0.2, -0.15) is 0 Å². The van der Waals surface area contributed by atoms with E-state index in [1.165, 1.54) is 44.5 Å². The number of benzene rings is 8. The van der Waals surface area contributed by atoms with Gasteiger partial charge in [-0.25, -0.2) is 0 Å². The van der Waals surface area contributed by atoms with Crippen molar-refractivity contribution in [3.05, 3.63) is 222 Å². The summed E-state index contributed by atoms with van der Waals surface area (Å²) in [5.41, 5.74) is 14.9. The van der Waals surface area contributed by atoms with Gasteiger partial charge in [0.25, 0.3) is 0 Å². The van der Waals surface area contributed by atoms with Gasteiger partial charge < -0.3 is 9.64 Å². The van der Waals surface area contributed by atoms with E-state index >= 15 is 0 Å². The zero-order chi connectivity index (χ0) is 35.8. The highest BCUT2D eigenvalue weighted by atomic mass is 16.5. The molecule has 53 heavy (non-hydrogen) atoms. The Morgan fingerprint density at radius 3 is 1.30 bits per heavy atom. The maximum absolute atomic E-state index is 6.60. The third-order valence-corrected chi connectivity index (χ3v) is 10.6. The molecule has 0 saturated heterocycles. The van der Waals surface area contributed by atoms with Crippen LogP contribution in [0.15, 0.2) is 200 Å². The van der Waals surface area contributed by atoms with Crippen molar-refractivity contribution in [2.75, 3.05) is 4.90 Å². The summed E-state index contributed by atoms with van der Waals surface area (Å²) in [6.45, 7) is 4.00. The van der Waals surface area contributed by atoms with Crippen molar-refractivity contribution in [2.45, 2.75) is 19.3 Å². The minimum Gasteiger partial charge on any atom is -0.457 e. The Morgan fingerprint density at radius 1 is 0.358 bits per heavy atom. The molecule has 1 heterocycles. The van der Waals surface area contributed by atoms with E-state index in [0.717, 1.165) is 39.7 Å². The lowest BCUT2D eigenvalue weighted by atomic mass is 9.66. The smallest absolute Gasteiger partial charge is 0.132 e. The van der Waals surface area contributed by atoms with Gasteiger partial charge >= 0.3 is 0 Å². The lowest BCUT2D eigenvalue weighted by Crippen LogP contribution is -2.32. The van der Waals surface area contributed by atoms with E-state index < -0.39 is 5.41 Å². The van der Waals surface area contributed by atoms with Crippen molar-refractivity contribution >= 4 is 17.1 Å². The van der Waals surface area contributed by atoms with Crippen LogP contribution in [0.1, 0.15) is 36.1 Å². The van der Waals surface area contributed by atoms with Crippen LogP contribution in [0.2, 0.25) is 0 Å². The number of nitrogens with zero attached hydrogens (tertiary/aromatic N) is 1. The predicted octanol–water partition coefficient (Wildman–Crippen LogP) is 14.0. The lowest BCUT2D eigenvalue weighted by molar-refractivity contribution is 0.436. The van der Waals surface area contributed by atoms with Crippen molar-refractivity contribution in [1.29, 1.82) is 0 Å². The first-order valence-electron chi connectivity index (χ1n) is 18.5. The van der Waals surface area contributed by atoms with Gasteiger partial charge in [-0.05, 0) is 81.4 Å². The van der Waals surface area contributed by atoms with E-state index in [4.69, 9.17) is 4.74 Å². The first-order chi connectivity index (χ1) is 26.3. The van der Waals surface area contributed by atoms with Gasteiger partial charge in [-0.3, -0.25) is 0 Å². The second-order valence-corrected chi connectivity index (χ2v) is 13.3. The molecular weight excluding hydrogens is 643 g/mol. The molecule has 0 unspecified atom stereocenters. The molecule has 2 nitrogen and oxygen atoms in total. The van der Waals surface area contributed by atoms with Crippen LogP contribution in [0.4, 0.5) is 17.1 Å². The number of rotatable bonds is 5. The number of hydrogen-bond acceptors (Lipinski definition) is 2. The van der Waals surface area contributed by atoms with Crippen LogP contribution in [-0.4, -0.2) is 0 Å². The quantitative estimate of drug-likeness (QED) is 0.179. The van der Waals surface area contributed by atoms with E-state index in [0.29, 0.717) is 0 Å². The molecule has 1 aliphatic heterocycles. The van der Waals surface area contributed by atoms with Crippen LogP contribution >= 0.6 is 0 Å². The molecule has 254 valence electrons. The Kier molecular flexibility index (Phi) is 8.21. The first kappa shape index (κ1) is 32.3. The van der Waals surface area contributed by atoms with Crippen molar-refractivity contribution in [3.63, 3.8) is 0 Å². The molecular formula is C51H39NO. The van der Waals surface area contributed by atoms with Crippen molar-refractivity contribution in [2.24, 2.45) is 0 Å². The molecule has 0 radical (unpaired) electrons. The van der Waals surface area contributed by atoms with Gasteiger partial charge in [-0.1, -0.05) is 172 Å². The molecule has 0 N–H and O–H groups in total. The molecule has 0 aromatic heterocycles. The summed E-state index contributed by atoms with van der Waals surface area (Å²) < 4.78 is 6.60. The van der Waals surface area contributed by atoms with Crippen LogP contribution in [0.3, 0.4) is 0 Å². The summed E-state index contributed by atoms with van der Waals surface area (Å²) in [6, 6.07) is 72.0. The number of fused-ring (bicyclic) bond motifs is 9. The van der Waals surface area contributed by atoms with Crippen molar-refractivity contribution in [1.82, 2.24) is 0 Å². The molecule has 0 fully saturated rings. The van der Waals surface area contributed by atoms with E-state index in [9.17, 15) is 0 Å². The molecule has 0 saturated carbocycles. The minimum atomic E-state index is -0.534. The summed E-state index contributed by atoms with van der Waals surface area (Å²) in [5, 5.41) is 0. The largest absolute Gasteiger partial charge is 0.457 e. The van der Waals surface area contributed by atoms with Gasteiger partial charge in [0.1, 0.15) is 11.5 Å². The van der Waals surface area contributed by atoms with E-state index in [2.05, 4.69) is 205 Å². The maximum atomic E-state index is 6.60. The molecule has 2 aliphatic rings. The highest BCUT2D eigenvalue weighted by molar-refractivity contribution is 5.98. The second kappa shape index (κ2) is 13.5. The zero-order valence-electron chi connectivity index (χ0n) is 29.9. The fraction of sp³-hybridized carbons (Fsp3) is 0.0588. The third kappa shape index (κ3) is 5.18. The van der Waals surface area contributed by atoms with Gasteiger partial charge in [0, 0.05) is 28.1 Å². The second-order valence-electron chi connectivity index (χ2n) is 13.3. The average Bonchev–Trinajstić information content (AvgIpc) is 3.54. The standard InChI is InChI=1S/C49H33NO.C2H6/c1-3-14-34(15-4-1)36-26-30-38(31-27-36)50(39-32-28-37(29-33-39)35-16-5-2-6-17-35)45-23-13-22-44-48(45)40-18-7-8-19-41(40)49(44)42-20-9-11-24-46(42)51-47-25-12-10-21-43(47)49;1-2/h1-33H;1-2H3. The summed E-state index contributed by atoms with van der Waals surface area (Å²) in [4.78, 5) is 2.43. The maximum Gasteiger partial charge on any atom is 0.132 e. The fourth-order valence-electron chi connectivity index (χ4n) is 8.36. The van der Waals surface area contributed by atoms with E-state index in [1.807, 2.05) is 13.8 Å². The van der Waals surface area contributed by atoms with Crippen LogP contribution in [-0.2, 0) is 5.41 Å². The van der Waals surface area contributed by atoms with Gasteiger partial charge in [0.05, 0.1) is 11.1 Å². The summed E-state index contributed by atoms with van der Waals surface area (Å²) in [7, 11) is 0.